The Morgan fingerprint density at radius 1 is 1.08 bits per heavy atom. The Hall–Kier alpha value is -1.76. The fourth-order valence-corrected chi connectivity index (χ4v) is 5.28. The van der Waals surface area contributed by atoms with E-state index in [0.717, 1.165) is 11.1 Å². The molecule has 0 radical (unpaired) electrons. The van der Waals surface area contributed by atoms with Crippen molar-refractivity contribution in [2.75, 3.05) is 20.8 Å². The van der Waals surface area contributed by atoms with Crippen LogP contribution in [0.2, 0.25) is 5.02 Å². The van der Waals surface area contributed by atoms with Crippen LogP contribution in [-0.2, 0) is 22.0 Å². The monoisotopic (exact) mass is 395 g/mol. The number of halogens is 1. The van der Waals surface area contributed by atoms with Crippen molar-refractivity contribution >= 4 is 21.6 Å². The Kier molecular flexibility index (Phi) is 4.94. The van der Waals surface area contributed by atoms with Crippen molar-refractivity contribution in [1.29, 1.82) is 0 Å². The number of methoxy groups -OCH3 is 2. The highest BCUT2D eigenvalue weighted by molar-refractivity contribution is 7.89. The highest BCUT2D eigenvalue weighted by atomic mass is 35.5. The van der Waals surface area contributed by atoms with E-state index in [4.69, 9.17) is 21.1 Å². The number of rotatable bonds is 4. The number of benzene rings is 2. The zero-order chi connectivity index (χ0) is 19.1. The normalized spacial score (nSPS) is 16.8. The minimum Gasteiger partial charge on any atom is -0.493 e. The van der Waals surface area contributed by atoms with Gasteiger partial charge in [0.05, 0.1) is 19.1 Å². The summed E-state index contributed by atoms with van der Waals surface area (Å²) in [5, 5.41) is 0.397. The molecule has 1 aliphatic rings. The van der Waals surface area contributed by atoms with Gasteiger partial charge in [-0.1, -0.05) is 31.5 Å². The smallest absolute Gasteiger partial charge is 0.243 e. The maximum atomic E-state index is 13.1. The van der Waals surface area contributed by atoms with Crippen LogP contribution < -0.4 is 9.47 Å². The zero-order valence-corrected chi connectivity index (χ0v) is 16.8. The lowest BCUT2D eigenvalue weighted by atomic mass is 9.79. The van der Waals surface area contributed by atoms with E-state index in [0.29, 0.717) is 23.1 Å². The van der Waals surface area contributed by atoms with Crippen molar-refractivity contribution in [3.63, 3.8) is 0 Å². The number of hydrogen-bond donors (Lipinski definition) is 0. The third kappa shape index (κ3) is 3.29. The molecule has 0 aliphatic carbocycles. The molecule has 26 heavy (non-hydrogen) atoms. The summed E-state index contributed by atoms with van der Waals surface area (Å²) in [6.07, 6.45) is 0. The Bertz CT molecular complexity index is 941. The van der Waals surface area contributed by atoms with E-state index in [1.54, 1.807) is 32.4 Å². The molecule has 0 saturated carbocycles. The molecule has 0 saturated heterocycles. The summed E-state index contributed by atoms with van der Waals surface area (Å²) in [6, 6.07) is 10.2. The van der Waals surface area contributed by atoms with E-state index in [2.05, 4.69) is 0 Å². The van der Waals surface area contributed by atoms with Gasteiger partial charge in [-0.15, -0.1) is 0 Å². The van der Waals surface area contributed by atoms with Gasteiger partial charge in [-0.05, 0) is 41.5 Å². The first-order chi connectivity index (χ1) is 12.2. The van der Waals surface area contributed by atoms with Crippen LogP contribution in [-0.4, -0.2) is 33.5 Å². The lowest BCUT2D eigenvalue weighted by Crippen LogP contribution is -2.45. The van der Waals surface area contributed by atoms with E-state index in [-0.39, 0.29) is 16.9 Å². The number of sulfonamides is 1. The number of nitrogens with zero attached hydrogens (tertiary/aromatic N) is 1. The molecule has 0 bridgehead atoms. The molecule has 1 heterocycles. The zero-order valence-electron chi connectivity index (χ0n) is 15.2. The lowest BCUT2D eigenvalue weighted by molar-refractivity contribution is 0.294. The molecule has 0 fully saturated rings. The van der Waals surface area contributed by atoms with Gasteiger partial charge in [0.2, 0.25) is 10.0 Å². The topological polar surface area (TPSA) is 55.8 Å². The Labute approximate surface area is 159 Å². The van der Waals surface area contributed by atoms with Crippen molar-refractivity contribution < 1.29 is 17.9 Å². The maximum Gasteiger partial charge on any atom is 0.243 e. The molecule has 0 aromatic heterocycles. The minimum absolute atomic E-state index is 0.199. The fourth-order valence-electron chi connectivity index (χ4n) is 3.40. The van der Waals surface area contributed by atoms with Crippen LogP contribution in [0.4, 0.5) is 0 Å². The average molecular weight is 396 g/mol. The van der Waals surface area contributed by atoms with Crippen molar-refractivity contribution in [2.24, 2.45) is 0 Å². The van der Waals surface area contributed by atoms with Crippen molar-refractivity contribution in [3.8, 4) is 11.5 Å². The Balaban J connectivity index is 2.07. The van der Waals surface area contributed by atoms with Gasteiger partial charge in [-0.25, -0.2) is 8.42 Å². The summed E-state index contributed by atoms with van der Waals surface area (Å²) in [5.41, 5.74) is 1.59. The first-order valence-corrected chi connectivity index (χ1v) is 10.0. The molecular formula is C19H22ClNO4S. The second kappa shape index (κ2) is 6.76. The van der Waals surface area contributed by atoms with Crippen LogP contribution in [0.15, 0.2) is 41.3 Å². The highest BCUT2D eigenvalue weighted by Gasteiger charge is 2.38. The molecule has 0 atom stereocenters. The second-order valence-corrected chi connectivity index (χ2v) is 9.35. The molecule has 7 heteroatoms. The number of fused-ring (bicyclic) bond motifs is 1. The predicted octanol–water partition coefficient (Wildman–Crippen LogP) is 3.84. The van der Waals surface area contributed by atoms with Gasteiger partial charge < -0.3 is 9.47 Å². The van der Waals surface area contributed by atoms with Gasteiger partial charge in [0, 0.05) is 23.5 Å². The van der Waals surface area contributed by atoms with Gasteiger partial charge in [0.25, 0.3) is 0 Å². The SMILES string of the molecule is COc1cc2c(cc1OC)C(C)(C)CN(S(=O)(=O)c1cccc(Cl)c1)C2. The van der Waals surface area contributed by atoms with E-state index >= 15 is 0 Å². The van der Waals surface area contributed by atoms with Crippen LogP contribution in [0.25, 0.3) is 0 Å². The molecule has 0 unspecified atom stereocenters. The molecule has 2 aromatic carbocycles. The van der Waals surface area contributed by atoms with Crippen molar-refractivity contribution in [1.82, 2.24) is 4.31 Å². The predicted molar refractivity (Wildman–Crippen MR) is 102 cm³/mol. The maximum absolute atomic E-state index is 13.1. The van der Waals surface area contributed by atoms with E-state index in [1.807, 2.05) is 26.0 Å². The standard InChI is InChI=1S/C19H22ClNO4S/c1-19(2)12-21(26(22,23)15-7-5-6-14(20)9-15)11-13-8-17(24-3)18(25-4)10-16(13)19/h5-10H,11-12H2,1-4H3. The van der Waals surface area contributed by atoms with Crippen LogP contribution in [0.3, 0.4) is 0 Å². The van der Waals surface area contributed by atoms with Crippen LogP contribution >= 0.6 is 11.6 Å². The lowest BCUT2D eigenvalue weighted by Gasteiger charge is -2.39. The molecule has 0 spiro atoms. The van der Waals surface area contributed by atoms with Gasteiger partial charge in [0.1, 0.15) is 0 Å². The summed E-state index contributed by atoms with van der Waals surface area (Å²) >= 11 is 5.99. The van der Waals surface area contributed by atoms with Gasteiger partial charge in [-0.3, -0.25) is 0 Å². The van der Waals surface area contributed by atoms with Crippen LogP contribution in [0.1, 0.15) is 25.0 Å². The summed E-state index contributed by atoms with van der Waals surface area (Å²) in [7, 11) is -0.495. The molecule has 0 amide bonds. The van der Waals surface area contributed by atoms with E-state index in [1.165, 1.54) is 10.4 Å². The fraction of sp³-hybridized carbons (Fsp3) is 0.368. The molecule has 1 aliphatic heterocycles. The van der Waals surface area contributed by atoms with Gasteiger partial charge >= 0.3 is 0 Å². The average Bonchev–Trinajstić information content (AvgIpc) is 2.60. The van der Waals surface area contributed by atoms with E-state index < -0.39 is 10.0 Å². The summed E-state index contributed by atoms with van der Waals surface area (Å²) in [5.74, 6) is 1.23. The number of hydrogen-bond acceptors (Lipinski definition) is 4. The third-order valence-corrected chi connectivity index (χ3v) is 6.71. The number of ether oxygens (including phenoxy) is 2. The first kappa shape index (κ1) is 19.0. The largest absolute Gasteiger partial charge is 0.493 e. The molecule has 5 nitrogen and oxygen atoms in total. The Morgan fingerprint density at radius 2 is 1.73 bits per heavy atom. The van der Waals surface area contributed by atoms with Crippen molar-refractivity contribution in [2.45, 2.75) is 30.7 Å². The highest BCUT2D eigenvalue weighted by Crippen LogP contribution is 2.41. The molecule has 0 N–H and O–H groups in total. The van der Waals surface area contributed by atoms with Crippen molar-refractivity contribution in [3.05, 3.63) is 52.5 Å². The molecule has 140 valence electrons. The third-order valence-electron chi connectivity index (χ3n) is 4.69. The summed E-state index contributed by atoms with van der Waals surface area (Å²) < 4.78 is 38.5. The molecule has 3 rings (SSSR count). The molecule has 2 aromatic rings. The van der Waals surface area contributed by atoms with Gasteiger partial charge in [-0.2, -0.15) is 4.31 Å². The minimum atomic E-state index is -3.66. The van der Waals surface area contributed by atoms with Crippen LogP contribution in [0.5, 0.6) is 11.5 Å². The van der Waals surface area contributed by atoms with Gasteiger partial charge in [0.15, 0.2) is 11.5 Å². The molecular weight excluding hydrogens is 374 g/mol. The summed E-state index contributed by atoms with van der Waals surface area (Å²) in [6.45, 7) is 4.69. The first-order valence-electron chi connectivity index (χ1n) is 8.20. The Morgan fingerprint density at radius 3 is 2.35 bits per heavy atom. The summed E-state index contributed by atoms with van der Waals surface area (Å²) in [4.78, 5) is 0.199. The second-order valence-electron chi connectivity index (χ2n) is 6.98. The quantitative estimate of drug-likeness (QED) is 0.789. The van der Waals surface area contributed by atoms with E-state index in [9.17, 15) is 8.42 Å². The van der Waals surface area contributed by atoms with Crippen LogP contribution in [0, 0.1) is 0 Å².